The number of nitro groups is 2. The molecule has 0 amide bonds. The lowest BCUT2D eigenvalue weighted by molar-refractivity contribution is -0.390. The van der Waals surface area contributed by atoms with E-state index in [1.165, 1.54) is 27.8 Å². The summed E-state index contributed by atoms with van der Waals surface area (Å²) in [6.07, 6.45) is 4.48. The van der Waals surface area contributed by atoms with Gasteiger partial charge in [-0.3, -0.25) is 0 Å². The summed E-state index contributed by atoms with van der Waals surface area (Å²) in [4.78, 5) is 19.8. The highest BCUT2D eigenvalue weighted by Crippen LogP contribution is 2.14. The standard InChI is InChI=1S/C12H11N3O3.C10H9N3O3/c1-2-18-11-5-3-10(4-6-11)9-14-8-7-12(13-14)15(16)17;14-9-3-1-8(2-4-9)7-12-6-5-10(11-12)13(15)16/h2-8H,1,9H2;1-6,14H,7H2. The van der Waals surface area contributed by atoms with Gasteiger partial charge in [0.15, 0.2) is 0 Å². The van der Waals surface area contributed by atoms with Gasteiger partial charge in [-0.15, -0.1) is 0 Å². The summed E-state index contributed by atoms with van der Waals surface area (Å²) in [7, 11) is 0. The van der Waals surface area contributed by atoms with Gasteiger partial charge >= 0.3 is 11.6 Å². The van der Waals surface area contributed by atoms with Gasteiger partial charge in [0, 0.05) is 0 Å². The van der Waals surface area contributed by atoms with Gasteiger partial charge in [-0.25, -0.2) is 0 Å². The number of rotatable bonds is 8. The first-order chi connectivity index (χ1) is 16.3. The molecule has 0 aliphatic heterocycles. The topological polar surface area (TPSA) is 151 Å². The fraction of sp³-hybridized carbons (Fsp3) is 0.0909. The van der Waals surface area contributed by atoms with Gasteiger partial charge in [0.25, 0.3) is 0 Å². The molecule has 0 spiro atoms. The van der Waals surface area contributed by atoms with Gasteiger partial charge in [-0.05, 0) is 45.2 Å². The Balaban J connectivity index is 0.000000192. The maximum Gasteiger partial charge on any atom is 0.389 e. The Morgan fingerprint density at radius 1 is 0.824 bits per heavy atom. The molecule has 0 atom stereocenters. The minimum absolute atomic E-state index is 0.151. The Hall–Kier alpha value is -5.00. The summed E-state index contributed by atoms with van der Waals surface area (Å²) in [6.45, 7) is 4.38. The molecule has 4 aromatic rings. The number of phenols is 1. The molecule has 2 aromatic heterocycles. The third-order valence-corrected chi connectivity index (χ3v) is 4.40. The Morgan fingerprint density at radius 3 is 1.65 bits per heavy atom. The number of aromatic hydroxyl groups is 1. The Kier molecular flexibility index (Phi) is 7.68. The van der Waals surface area contributed by atoms with E-state index in [1.807, 2.05) is 12.1 Å². The monoisotopic (exact) mass is 464 g/mol. The van der Waals surface area contributed by atoms with Crippen molar-refractivity contribution in [3.8, 4) is 11.5 Å². The fourth-order valence-corrected chi connectivity index (χ4v) is 2.82. The molecular formula is C22H20N6O6. The van der Waals surface area contributed by atoms with Gasteiger partial charge in [0.1, 0.15) is 11.5 Å². The average molecular weight is 464 g/mol. The average Bonchev–Trinajstić information content (AvgIpc) is 3.48. The molecule has 0 aliphatic rings. The van der Waals surface area contributed by atoms with Gasteiger partial charge in [-0.1, -0.05) is 30.8 Å². The number of hydrogen-bond acceptors (Lipinski definition) is 8. The predicted octanol–water partition coefficient (Wildman–Crippen LogP) is 3.91. The van der Waals surface area contributed by atoms with E-state index in [9.17, 15) is 20.2 Å². The molecule has 12 nitrogen and oxygen atoms in total. The highest BCUT2D eigenvalue weighted by Gasteiger charge is 2.11. The largest absolute Gasteiger partial charge is 0.508 e. The van der Waals surface area contributed by atoms with Crippen LogP contribution in [0.1, 0.15) is 11.1 Å². The second kappa shape index (κ2) is 11.0. The summed E-state index contributed by atoms with van der Waals surface area (Å²) in [6, 6.07) is 16.7. The van der Waals surface area contributed by atoms with Crippen LogP contribution in [0.2, 0.25) is 0 Å². The normalized spacial score (nSPS) is 10.1. The van der Waals surface area contributed by atoms with Crippen LogP contribution in [-0.2, 0) is 13.1 Å². The molecule has 12 heteroatoms. The van der Waals surface area contributed by atoms with Crippen molar-refractivity contribution >= 4 is 11.6 Å². The summed E-state index contributed by atoms with van der Waals surface area (Å²) in [5.41, 5.74) is 1.89. The third-order valence-electron chi connectivity index (χ3n) is 4.40. The molecule has 0 unspecified atom stereocenters. The van der Waals surface area contributed by atoms with E-state index in [0.717, 1.165) is 11.1 Å². The van der Waals surface area contributed by atoms with Crippen molar-refractivity contribution in [1.29, 1.82) is 0 Å². The fourth-order valence-electron chi connectivity index (χ4n) is 2.82. The zero-order chi connectivity index (χ0) is 24.5. The molecule has 2 heterocycles. The molecule has 0 radical (unpaired) electrons. The second-order valence-electron chi connectivity index (χ2n) is 6.85. The van der Waals surface area contributed by atoms with Crippen LogP contribution in [0.4, 0.5) is 11.6 Å². The van der Waals surface area contributed by atoms with E-state index in [0.29, 0.717) is 18.8 Å². The number of aromatic nitrogens is 4. The van der Waals surface area contributed by atoms with E-state index in [-0.39, 0.29) is 17.4 Å². The van der Waals surface area contributed by atoms with E-state index < -0.39 is 9.85 Å². The number of hydrogen-bond donors (Lipinski definition) is 1. The van der Waals surface area contributed by atoms with Crippen molar-refractivity contribution in [3.05, 3.63) is 117 Å². The molecule has 0 saturated carbocycles. The van der Waals surface area contributed by atoms with Gasteiger partial charge in [0.05, 0.1) is 54.1 Å². The van der Waals surface area contributed by atoms with Crippen LogP contribution in [0, 0.1) is 20.2 Å². The molecule has 4 rings (SSSR count). The minimum atomic E-state index is -0.534. The molecule has 0 bridgehead atoms. The Bertz CT molecular complexity index is 1260. The predicted molar refractivity (Wildman–Crippen MR) is 121 cm³/mol. The molecule has 0 fully saturated rings. The van der Waals surface area contributed by atoms with Crippen LogP contribution in [0.15, 0.2) is 85.9 Å². The number of nitrogens with zero attached hydrogens (tertiary/aromatic N) is 6. The number of ether oxygens (including phenoxy) is 1. The summed E-state index contributed by atoms with van der Waals surface area (Å²) < 4.78 is 8.09. The van der Waals surface area contributed by atoms with Crippen LogP contribution in [0.25, 0.3) is 0 Å². The molecule has 34 heavy (non-hydrogen) atoms. The molecular weight excluding hydrogens is 444 g/mol. The summed E-state index contributed by atoms with van der Waals surface area (Å²) >= 11 is 0. The molecule has 0 aliphatic carbocycles. The van der Waals surface area contributed by atoms with Crippen molar-refractivity contribution in [2.45, 2.75) is 13.1 Å². The molecule has 1 N–H and O–H groups in total. The van der Waals surface area contributed by atoms with E-state index >= 15 is 0 Å². The van der Waals surface area contributed by atoms with Crippen molar-refractivity contribution in [3.63, 3.8) is 0 Å². The van der Waals surface area contributed by atoms with Crippen LogP contribution in [0.3, 0.4) is 0 Å². The van der Waals surface area contributed by atoms with E-state index in [2.05, 4.69) is 16.8 Å². The number of benzene rings is 2. The maximum atomic E-state index is 10.5. The Labute approximate surface area is 193 Å². The first kappa shape index (κ1) is 23.7. The summed E-state index contributed by atoms with van der Waals surface area (Å²) in [5.74, 6) is 0.566. The third kappa shape index (κ3) is 6.75. The van der Waals surface area contributed by atoms with Crippen molar-refractivity contribution in [2.24, 2.45) is 0 Å². The van der Waals surface area contributed by atoms with E-state index in [1.54, 1.807) is 48.8 Å². The smallest absolute Gasteiger partial charge is 0.389 e. The molecule has 174 valence electrons. The zero-order valence-corrected chi connectivity index (χ0v) is 17.8. The molecule has 2 aromatic carbocycles. The van der Waals surface area contributed by atoms with Crippen molar-refractivity contribution in [2.75, 3.05) is 0 Å². The van der Waals surface area contributed by atoms with Gasteiger partial charge in [-0.2, -0.15) is 9.36 Å². The van der Waals surface area contributed by atoms with Crippen molar-refractivity contribution < 1.29 is 19.7 Å². The van der Waals surface area contributed by atoms with Gasteiger partial charge < -0.3 is 30.1 Å². The minimum Gasteiger partial charge on any atom is -0.508 e. The maximum absolute atomic E-state index is 10.5. The van der Waals surface area contributed by atoms with Crippen LogP contribution in [-0.4, -0.2) is 34.5 Å². The second-order valence-corrected chi connectivity index (χ2v) is 6.85. The van der Waals surface area contributed by atoms with E-state index in [4.69, 9.17) is 9.84 Å². The SMILES string of the molecule is C=COc1ccc(Cn2ccc([N+](=O)[O-])n2)cc1.O=[N+]([O-])c1ccn(Cc2ccc(O)cc2)n1. The first-order valence-corrected chi connectivity index (χ1v) is 9.84. The van der Waals surface area contributed by atoms with Crippen LogP contribution in [0.5, 0.6) is 11.5 Å². The van der Waals surface area contributed by atoms with Crippen molar-refractivity contribution in [1.82, 2.24) is 19.6 Å². The highest BCUT2D eigenvalue weighted by atomic mass is 16.6. The summed E-state index contributed by atoms with van der Waals surface area (Å²) in [5, 5.41) is 37.6. The first-order valence-electron chi connectivity index (χ1n) is 9.84. The number of phenolic OH excluding ortho intramolecular Hbond substituents is 1. The molecule has 0 saturated heterocycles. The Morgan fingerprint density at radius 2 is 1.26 bits per heavy atom. The highest BCUT2D eigenvalue weighted by molar-refractivity contribution is 5.28. The lowest BCUT2D eigenvalue weighted by Crippen LogP contribution is -2.01. The van der Waals surface area contributed by atoms with Crippen LogP contribution < -0.4 is 4.74 Å². The van der Waals surface area contributed by atoms with Crippen LogP contribution >= 0.6 is 0 Å². The van der Waals surface area contributed by atoms with Gasteiger partial charge in [0.2, 0.25) is 0 Å². The quantitative estimate of drug-likeness (QED) is 0.234. The lowest BCUT2D eigenvalue weighted by atomic mass is 10.2. The zero-order valence-electron chi connectivity index (χ0n) is 17.8. The lowest BCUT2D eigenvalue weighted by Gasteiger charge is -2.01.